The van der Waals surface area contributed by atoms with Crippen LogP contribution in [-0.4, -0.2) is 25.6 Å². The zero-order chi connectivity index (χ0) is 16.0. The second kappa shape index (κ2) is 5.02. The molecule has 23 heavy (non-hydrogen) atoms. The molecule has 3 saturated carbocycles. The smallest absolute Gasteiger partial charge is 0.311 e. The molecule has 0 saturated heterocycles. The first-order valence-corrected chi connectivity index (χ1v) is 7.61. The van der Waals surface area contributed by atoms with Crippen LogP contribution in [-0.2, 0) is 0 Å². The van der Waals surface area contributed by atoms with Crippen LogP contribution in [0, 0.1) is 16.0 Å². The van der Waals surface area contributed by atoms with Gasteiger partial charge in [-0.1, -0.05) is 11.6 Å². The Kier molecular flexibility index (Phi) is 3.08. The van der Waals surface area contributed by atoms with Crippen molar-refractivity contribution in [1.82, 2.24) is 15.2 Å². The maximum Gasteiger partial charge on any atom is 0.311 e. The quantitative estimate of drug-likeness (QED) is 0.639. The third-order valence-electron chi connectivity index (χ3n) is 4.38. The Morgan fingerprint density at radius 1 is 1.17 bits per heavy atom. The van der Waals surface area contributed by atoms with Crippen LogP contribution in [0.2, 0.25) is 5.15 Å². The van der Waals surface area contributed by atoms with E-state index in [2.05, 4.69) is 25.8 Å². The normalized spacial score (nSPS) is 24.3. The molecule has 0 amide bonds. The van der Waals surface area contributed by atoms with E-state index in [1.54, 1.807) is 18.2 Å². The maximum absolute atomic E-state index is 11.2. The summed E-state index contributed by atoms with van der Waals surface area (Å²) in [6.45, 7) is 0. The van der Waals surface area contributed by atoms with Crippen LogP contribution in [0.15, 0.2) is 24.3 Å². The van der Waals surface area contributed by atoms with E-state index in [-0.39, 0.29) is 16.4 Å². The number of hydrogen-bond donors (Lipinski definition) is 2. The average Bonchev–Trinajstić information content (AvgIpc) is 2.44. The SMILES string of the molecule is O=[N+]([O-])c1ccc(Nc2ccc(Cl)nn2)nc1NC12CC(C1)C2. The van der Waals surface area contributed by atoms with Gasteiger partial charge < -0.3 is 10.6 Å². The molecule has 3 aliphatic carbocycles. The van der Waals surface area contributed by atoms with Gasteiger partial charge in [0.15, 0.2) is 11.0 Å². The number of pyridine rings is 1. The molecule has 2 aromatic heterocycles. The van der Waals surface area contributed by atoms with Crippen LogP contribution in [0.3, 0.4) is 0 Å². The highest BCUT2D eigenvalue weighted by Gasteiger charge is 2.57. The Labute approximate surface area is 136 Å². The van der Waals surface area contributed by atoms with E-state index in [0.717, 1.165) is 25.2 Å². The highest BCUT2D eigenvalue weighted by molar-refractivity contribution is 6.29. The summed E-state index contributed by atoms with van der Waals surface area (Å²) in [4.78, 5) is 15.1. The summed E-state index contributed by atoms with van der Waals surface area (Å²) in [6, 6.07) is 6.24. The first-order valence-electron chi connectivity index (χ1n) is 7.23. The summed E-state index contributed by atoms with van der Waals surface area (Å²) < 4.78 is 0. The molecule has 0 radical (unpaired) electrons. The van der Waals surface area contributed by atoms with E-state index in [1.165, 1.54) is 6.07 Å². The zero-order valence-electron chi connectivity index (χ0n) is 12.0. The van der Waals surface area contributed by atoms with Gasteiger partial charge in [-0.3, -0.25) is 10.1 Å². The monoisotopic (exact) mass is 332 g/mol. The van der Waals surface area contributed by atoms with Crippen molar-refractivity contribution in [3.8, 4) is 0 Å². The number of nitro groups is 1. The average molecular weight is 333 g/mol. The van der Waals surface area contributed by atoms with Crippen LogP contribution in [0.25, 0.3) is 0 Å². The fourth-order valence-electron chi connectivity index (χ4n) is 3.16. The molecule has 0 atom stereocenters. The van der Waals surface area contributed by atoms with E-state index < -0.39 is 4.92 Å². The summed E-state index contributed by atoms with van der Waals surface area (Å²) in [7, 11) is 0. The second-order valence-corrected chi connectivity index (χ2v) is 6.46. The lowest BCUT2D eigenvalue weighted by atomic mass is 9.50. The lowest BCUT2D eigenvalue weighted by Crippen LogP contribution is -2.63. The molecule has 0 unspecified atom stereocenters. The van der Waals surface area contributed by atoms with Gasteiger partial charge in [0.25, 0.3) is 0 Å². The molecule has 0 aromatic carbocycles. The highest BCUT2D eigenvalue weighted by atomic mass is 35.5. The van der Waals surface area contributed by atoms with Crippen LogP contribution in [0.1, 0.15) is 19.3 Å². The van der Waals surface area contributed by atoms with E-state index in [0.29, 0.717) is 17.5 Å². The summed E-state index contributed by atoms with van der Waals surface area (Å²) in [5, 5.41) is 25.3. The Morgan fingerprint density at radius 3 is 2.48 bits per heavy atom. The van der Waals surface area contributed by atoms with Gasteiger partial charge >= 0.3 is 5.69 Å². The molecule has 2 aromatic rings. The molecule has 2 heterocycles. The van der Waals surface area contributed by atoms with Crippen LogP contribution in [0.5, 0.6) is 0 Å². The van der Waals surface area contributed by atoms with Gasteiger partial charge in [0.1, 0.15) is 5.82 Å². The maximum atomic E-state index is 11.2. The summed E-state index contributed by atoms with van der Waals surface area (Å²) in [6.07, 6.45) is 3.18. The van der Waals surface area contributed by atoms with Crippen LogP contribution in [0.4, 0.5) is 23.1 Å². The second-order valence-electron chi connectivity index (χ2n) is 6.07. The van der Waals surface area contributed by atoms with Crippen LogP contribution < -0.4 is 10.6 Å². The van der Waals surface area contributed by atoms with Crippen molar-refractivity contribution in [1.29, 1.82) is 0 Å². The van der Waals surface area contributed by atoms with E-state index in [1.807, 2.05) is 0 Å². The minimum Gasteiger partial charge on any atom is -0.359 e. The summed E-state index contributed by atoms with van der Waals surface area (Å²) in [5.74, 6) is 1.99. The largest absolute Gasteiger partial charge is 0.359 e. The van der Waals surface area contributed by atoms with E-state index >= 15 is 0 Å². The molecule has 9 heteroatoms. The van der Waals surface area contributed by atoms with Crippen molar-refractivity contribution < 1.29 is 4.92 Å². The van der Waals surface area contributed by atoms with Crippen molar-refractivity contribution in [2.75, 3.05) is 10.6 Å². The number of hydrogen-bond acceptors (Lipinski definition) is 7. The standard InChI is InChI=1S/C14H13ClN6O2/c15-10-2-4-12(20-19-10)16-11-3-1-9(21(22)23)13(17-11)18-14-5-8(6-14)7-14/h1-4,8H,5-7H2,(H2,16,17,18,20). The number of anilines is 3. The molecule has 0 aliphatic heterocycles. The lowest BCUT2D eigenvalue weighted by Gasteiger charge is -2.62. The minimum absolute atomic E-state index is 0.00112. The third kappa shape index (κ3) is 2.55. The number of halogens is 1. The van der Waals surface area contributed by atoms with Crippen molar-refractivity contribution in [3.63, 3.8) is 0 Å². The van der Waals surface area contributed by atoms with Crippen LogP contribution >= 0.6 is 11.6 Å². The fourth-order valence-corrected chi connectivity index (χ4v) is 3.26. The topological polar surface area (TPSA) is 106 Å². The Balaban J connectivity index is 1.60. The van der Waals surface area contributed by atoms with Gasteiger partial charge in [0.2, 0.25) is 5.82 Å². The number of rotatable bonds is 5. The molecule has 2 bridgehead atoms. The van der Waals surface area contributed by atoms with E-state index in [4.69, 9.17) is 11.6 Å². The van der Waals surface area contributed by atoms with Gasteiger partial charge in [-0.2, -0.15) is 0 Å². The number of nitrogens with zero attached hydrogens (tertiary/aromatic N) is 4. The molecule has 3 aliphatic rings. The van der Waals surface area contributed by atoms with Gasteiger partial charge in [-0.05, 0) is 43.4 Å². The molecule has 118 valence electrons. The molecular formula is C14H13ClN6O2. The predicted molar refractivity (Wildman–Crippen MR) is 84.9 cm³/mol. The molecule has 3 fully saturated rings. The Bertz CT molecular complexity index is 764. The fraction of sp³-hybridized carbons (Fsp3) is 0.357. The molecule has 8 nitrogen and oxygen atoms in total. The number of nitrogens with one attached hydrogen (secondary N) is 2. The molecule has 5 rings (SSSR count). The first kappa shape index (κ1) is 14.1. The van der Waals surface area contributed by atoms with Gasteiger partial charge in [-0.15, -0.1) is 10.2 Å². The van der Waals surface area contributed by atoms with Crippen molar-refractivity contribution in [2.45, 2.75) is 24.8 Å². The van der Waals surface area contributed by atoms with E-state index in [9.17, 15) is 10.1 Å². The molecule has 0 spiro atoms. The van der Waals surface area contributed by atoms with Crippen molar-refractivity contribution in [3.05, 3.63) is 39.5 Å². The predicted octanol–water partition coefficient (Wildman–Crippen LogP) is 3.14. The van der Waals surface area contributed by atoms with Crippen molar-refractivity contribution >= 4 is 34.7 Å². The Morgan fingerprint density at radius 2 is 1.91 bits per heavy atom. The first-order chi connectivity index (χ1) is 11.0. The third-order valence-corrected chi connectivity index (χ3v) is 4.58. The zero-order valence-corrected chi connectivity index (χ0v) is 12.7. The summed E-state index contributed by atoms with van der Waals surface area (Å²) >= 11 is 5.69. The van der Waals surface area contributed by atoms with Gasteiger partial charge in [0, 0.05) is 11.6 Å². The summed E-state index contributed by atoms with van der Waals surface area (Å²) in [5.41, 5.74) is -0.0244. The van der Waals surface area contributed by atoms with Gasteiger partial charge in [-0.25, -0.2) is 4.98 Å². The minimum atomic E-state index is -0.424. The lowest BCUT2D eigenvalue weighted by molar-refractivity contribution is -0.384. The molecule has 2 N–H and O–H groups in total. The van der Waals surface area contributed by atoms with Gasteiger partial charge in [0.05, 0.1) is 4.92 Å². The number of aromatic nitrogens is 3. The Hall–Kier alpha value is -2.48. The van der Waals surface area contributed by atoms with Crippen molar-refractivity contribution in [2.24, 2.45) is 5.92 Å². The molecular weight excluding hydrogens is 320 g/mol. The highest BCUT2D eigenvalue weighted by Crippen LogP contribution is 2.58.